The van der Waals surface area contributed by atoms with Gasteiger partial charge >= 0.3 is 0 Å². The Kier molecular flexibility index (Phi) is 6.65. The predicted octanol–water partition coefficient (Wildman–Crippen LogP) is 3.67. The molecule has 2 nitrogen and oxygen atoms in total. The topological polar surface area (TPSA) is 15.3 Å². The summed E-state index contributed by atoms with van der Waals surface area (Å²) in [5.74, 6) is 0. The molecular weight excluding hydrogens is 220 g/mol. The van der Waals surface area contributed by atoms with Crippen molar-refractivity contribution < 1.29 is 0 Å². The molecular formula is C16H34N2. The van der Waals surface area contributed by atoms with Crippen molar-refractivity contribution in [3.63, 3.8) is 0 Å². The summed E-state index contributed by atoms with van der Waals surface area (Å²) in [5.41, 5.74) is 0.420. The first-order valence-corrected chi connectivity index (χ1v) is 7.98. The number of nitrogens with zero attached hydrogens (tertiary/aromatic N) is 1. The molecule has 0 radical (unpaired) electrons. The molecule has 0 aromatic heterocycles. The van der Waals surface area contributed by atoms with Crippen LogP contribution in [0, 0.1) is 5.41 Å². The number of hydrogen-bond acceptors (Lipinski definition) is 2. The maximum absolute atomic E-state index is 3.63. The highest BCUT2D eigenvalue weighted by Gasteiger charge is 2.29. The maximum Gasteiger partial charge on any atom is 0.00953 e. The van der Waals surface area contributed by atoms with Gasteiger partial charge in [0.2, 0.25) is 0 Å². The van der Waals surface area contributed by atoms with Crippen molar-refractivity contribution in [1.82, 2.24) is 10.2 Å². The zero-order valence-corrected chi connectivity index (χ0v) is 13.3. The molecule has 0 spiro atoms. The lowest BCUT2D eigenvalue weighted by Crippen LogP contribution is -2.46. The molecule has 1 unspecified atom stereocenters. The van der Waals surface area contributed by atoms with Crippen molar-refractivity contribution in [2.45, 2.75) is 78.8 Å². The van der Waals surface area contributed by atoms with Crippen LogP contribution in [0.25, 0.3) is 0 Å². The van der Waals surface area contributed by atoms with Crippen molar-refractivity contribution in [1.29, 1.82) is 0 Å². The molecule has 2 heteroatoms. The highest BCUT2D eigenvalue weighted by Crippen LogP contribution is 2.28. The van der Waals surface area contributed by atoms with Crippen molar-refractivity contribution in [2.24, 2.45) is 5.41 Å². The molecule has 1 fully saturated rings. The molecule has 1 aliphatic carbocycles. The van der Waals surface area contributed by atoms with E-state index in [1.807, 2.05) is 0 Å². The summed E-state index contributed by atoms with van der Waals surface area (Å²) in [5, 5.41) is 3.63. The zero-order chi connectivity index (χ0) is 13.6. The summed E-state index contributed by atoms with van der Waals surface area (Å²) in [6.07, 6.45) is 6.98. The van der Waals surface area contributed by atoms with Gasteiger partial charge in [0.1, 0.15) is 0 Å². The lowest BCUT2D eigenvalue weighted by molar-refractivity contribution is 0.118. The van der Waals surface area contributed by atoms with E-state index < -0.39 is 0 Å². The van der Waals surface area contributed by atoms with Gasteiger partial charge in [-0.1, -0.05) is 47.5 Å². The third-order valence-corrected chi connectivity index (χ3v) is 4.62. The first-order valence-electron chi connectivity index (χ1n) is 7.98. The highest BCUT2D eigenvalue weighted by atomic mass is 15.2. The van der Waals surface area contributed by atoms with Gasteiger partial charge in [-0.2, -0.15) is 0 Å². The smallest absolute Gasteiger partial charge is 0.00953 e. The SMILES string of the molecule is CCN(CC(C)(CC)CNC(C)C)C1CCCC1. The van der Waals surface area contributed by atoms with Crippen molar-refractivity contribution in [3.8, 4) is 0 Å². The summed E-state index contributed by atoms with van der Waals surface area (Å²) in [6, 6.07) is 1.46. The number of nitrogens with one attached hydrogen (secondary N) is 1. The molecule has 0 amide bonds. The van der Waals surface area contributed by atoms with E-state index in [4.69, 9.17) is 0 Å². The first-order chi connectivity index (χ1) is 8.50. The van der Waals surface area contributed by atoms with Crippen LogP contribution in [0.2, 0.25) is 0 Å². The van der Waals surface area contributed by atoms with Gasteiger partial charge < -0.3 is 10.2 Å². The van der Waals surface area contributed by atoms with E-state index in [2.05, 4.69) is 44.8 Å². The van der Waals surface area contributed by atoms with Gasteiger partial charge in [0.15, 0.2) is 0 Å². The molecule has 18 heavy (non-hydrogen) atoms. The highest BCUT2D eigenvalue weighted by molar-refractivity contribution is 4.85. The van der Waals surface area contributed by atoms with Gasteiger partial charge in [-0.3, -0.25) is 0 Å². The van der Waals surface area contributed by atoms with Crippen LogP contribution in [-0.4, -0.2) is 36.6 Å². The lowest BCUT2D eigenvalue weighted by Gasteiger charge is -2.38. The standard InChI is InChI=1S/C16H34N2/c1-6-16(5,12-17-14(3)4)13-18(7-2)15-10-8-9-11-15/h14-15,17H,6-13H2,1-5H3. The molecule has 0 saturated heterocycles. The molecule has 0 bridgehead atoms. The summed E-state index contributed by atoms with van der Waals surface area (Å²) < 4.78 is 0. The second kappa shape index (κ2) is 7.49. The average Bonchev–Trinajstić information content (AvgIpc) is 2.87. The van der Waals surface area contributed by atoms with Crippen molar-refractivity contribution >= 4 is 0 Å². The van der Waals surface area contributed by atoms with E-state index in [1.165, 1.54) is 45.2 Å². The minimum atomic E-state index is 0.420. The van der Waals surface area contributed by atoms with E-state index in [0.717, 1.165) is 12.6 Å². The van der Waals surface area contributed by atoms with E-state index in [0.29, 0.717) is 11.5 Å². The van der Waals surface area contributed by atoms with E-state index in [1.54, 1.807) is 0 Å². The van der Waals surface area contributed by atoms with Crippen molar-refractivity contribution in [3.05, 3.63) is 0 Å². The van der Waals surface area contributed by atoms with E-state index in [9.17, 15) is 0 Å². The van der Waals surface area contributed by atoms with Crippen LogP contribution in [0.5, 0.6) is 0 Å². The average molecular weight is 254 g/mol. The van der Waals surface area contributed by atoms with Crippen LogP contribution in [-0.2, 0) is 0 Å². The normalized spacial score (nSPS) is 20.8. The molecule has 0 heterocycles. The monoisotopic (exact) mass is 254 g/mol. The Morgan fingerprint density at radius 1 is 1.22 bits per heavy atom. The summed E-state index contributed by atoms with van der Waals surface area (Å²) >= 11 is 0. The molecule has 1 aliphatic rings. The third kappa shape index (κ3) is 4.89. The van der Waals surface area contributed by atoms with Gasteiger partial charge in [-0.05, 0) is 31.2 Å². The number of hydrogen-bond donors (Lipinski definition) is 1. The third-order valence-electron chi connectivity index (χ3n) is 4.62. The second-order valence-corrected chi connectivity index (χ2v) is 6.70. The van der Waals surface area contributed by atoms with Gasteiger partial charge in [-0.15, -0.1) is 0 Å². The van der Waals surface area contributed by atoms with Crippen LogP contribution in [0.3, 0.4) is 0 Å². The van der Waals surface area contributed by atoms with Crippen LogP contribution < -0.4 is 5.32 Å². The molecule has 1 N–H and O–H groups in total. The molecule has 0 aromatic carbocycles. The Bertz CT molecular complexity index is 221. The van der Waals surface area contributed by atoms with Gasteiger partial charge in [0.25, 0.3) is 0 Å². The maximum atomic E-state index is 3.63. The predicted molar refractivity (Wildman–Crippen MR) is 81.0 cm³/mol. The Labute approximate surface area is 115 Å². The van der Waals surface area contributed by atoms with Gasteiger partial charge in [-0.25, -0.2) is 0 Å². The number of rotatable bonds is 8. The van der Waals surface area contributed by atoms with E-state index >= 15 is 0 Å². The summed E-state index contributed by atoms with van der Waals surface area (Å²) in [4.78, 5) is 2.73. The van der Waals surface area contributed by atoms with E-state index in [-0.39, 0.29) is 0 Å². The zero-order valence-electron chi connectivity index (χ0n) is 13.3. The van der Waals surface area contributed by atoms with Gasteiger partial charge in [0, 0.05) is 25.2 Å². The Morgan fingerprint density at radius 3 is 2.28 bits per heavy atom. The molecule has 1 rings (SSSR count). The lowest BCUT2D eigenvalue weighted by atomic mass is 9.86. The Hall–Kier alpha value is -0.0800. The fraction of sp³-hybridized carbons (Fsp3) is 1.00. The van der Waals surface area contributed by atoms with Crippen LogP contribution in [0.1, 0.15) is 66.7 Å². The fourth-order valence-corrected chi connectivity index (χ4v) is 3.00. The quantitative estimate of drug-likeness (QED) is 0.711. The minimum absolute atomic E-state index is 0.420. The largest absolute Gasteiger partial charge is 0.314 e. The molecule has 1 saturated carbocycles. The Balaban J connectivity index is 2.52. The second-order valence-electron chi connectivity index (χ2n) is 6.70. The van der Waals surface area contributed by atoms with Gasteiger partial charge in [0.05, 0.1) is 0 Å². The van der Waals surface area contributed by atoms with Crippen molar-refractivity contribution in [2.75, 3.05) is 19.6 Å². The molecule has 108 valence electrons. The summed E-state index contributed by atoms with van der Waals surface area (Å²) in [6.45, 7) is 15.2. The van der Waals surface area contributed by atoms with Crippen LogP contribution in [0.15, 0.2) is 0 Å². The first kappa shape index (κ1) is 16.0. The van der Waals surface area contributed by atoms with Crippen LogP contribution in [0.4, 0.5) is 0 Å². The molecule has 1 atom stereocenters. The minimum Gasteiger partial charge on any atom is -0.314 e. The fourth-order valence-electron chi connectivity index (χ4n) is 3.00. The molecule has 0 aromatic rings. The molecule has 0 aliphatic heterocycles. The Morgan fingerprint density at radius 2 is 1.83 bits per heavy atom. The summed E-state index contributed by atoms with van der Waals surface area (Å²) in [7, 11) is 0. The van der Waals surface area contributed by atoms with Crippen LogP contribution >= 0.6 is 0 Å².